The van der Waals surface area contributed by atoms with E-state index < -0.39 is 0 Å². The van der Waals surface area contributed by atoms with Crippen LogP contribution in [0.3, 0.4) is 0 Å². The van der Waals surface area contributed by atoms with Crippen LogP contribution in [0.2, 0.25) is 0 Å². The monoisotopic (exact) mass is 252 g/mol. The molecule has 0 aliphatic heterocycles. The molecule has 1 rings (SSSR count). The molecule has 2 N–H and O–H groups in total. The van der Waals surface area contributed by atoms with E-state index in [0.29, 0.717) is 17.3 Å². The van der Waals surface area contributed by atoms with Crippen molar-refractivity contribution in [3.05, 3.63) is 18.0 Å². The summed E-state index contributed by atoms with van der Waals surface area (Å²) in [6, 6.07) is 0. The Bertz CT molecular complexity index is 361. The number of nitrogens with two attached hydrogens (primary N) is 1. The molecular formula is C12H20N4S. The van der Waals surface area contributed by atoms with Gasteiger partial charge in [0.1, 0.15) is 0 Å². The summed E-state index contributed by atoms with van der Waals surface area (Å²) in [4.78, 5) is 11.3. The predicted molar refractivity (Wildman–Crippen MR) is 75.2 cm³/mol. The number of aryl methyl sites for hydroxylation is 1. The van der Waals surface area contributed by atoms with Crippen molar-refractivity contribution in [3.63, 3.8) is 0 Å². The molecule has 0 radical (unpaired) electrons. The number of nitrogens with zero attached hydrogens (tertiary/aromatic N) is 3. The molecule has 0 spiro atoms. The molecule has 1 aromatic rings. The molecule has 0 atom stereocenters. The maximum Gasteiger partial charge on any atom is 0.225 e. The van der Waals surface area contributed by atoms with Crippen molar-refractivity contribution in [3.8, 4) is 0 Å². The van der Waals surface area contributed by atoms with Crippen LogP contribution in [0.4, 0.5) is 5.95 Å². The molecule has 0 aliphatic carbocycles. The minimum atomic E-state index is 0.533. The number of anilines is 1. The largest absolute Gasteiger partial charge is 0.393 e. The Morgan fingerprint density at radius 2 is 2.00 bits per heavy atom. The summed E-state index contributed by atoms with van der Waals surface area (Å²) in [7, 11) is 0. The maximum atomic E-state index is 5.54. The predicted octanol–water partition coefficient (Wildman–Crippen LogP) is 1.92. The normalized spacial score (nSPS) is 10.6. The van der Waals surface area contributed by atoms with E-state index in [9.17, 15) is 0 Å². The molecular weight excluding hydrogens is 232 g/mol. The second-order valence-corrected chi connectivity index (χ2v) is 5.14. The van der Waals surface area contributed by atoms with Crippen molar-refractivity contribution in [2.24, 2.45) is 11.7 Å². The van der Waals surface area contributed by atoms with Crippen molar-refractivity contribution < 1.29 is 0 Å². The first-order valence-corrected chi connectivity index (χ1v) is 6.21. The molecule has 0 aliphatic rings. The molecule has 17 heavy (non-hydrogen) atoms. The van der Waals surface area contributed by atoms with Gasteiger partial charge >= 0.3 is 0 Å². The zero-order chi connectivity index (χ0) is 12.8. The molecule has 0 saturated heterocycles. The van der Waals surface area contributed by atoms with Crippen molar-refractivity contribution >= 4 is 23.2 Å². The minimum Gasteiger partial charge on any atom is -0.393 e. The Labute approximate surface area is 108 Å². The van der Waals surface area contributed by atoms with Gasteiger partial charge in [-0.15, -0.1) is 0 Å². The van der Waals surface area contributed by atoms with E-state index in [2.05, 4.69) is 28.7 Å². The summed E-state index contributed by atoms with van der Waals surface area (Å²) in [5.41, 5.74) is 6.60. The molecule has 0 unspecified atom stereocenters. The van der Waals surface area contributed by atoms with E-state index in [1.54, 1.807) is 0 Å². The zero-order valence-electron chi connectivity index (χ0n) is 10.7. The Hall–Kier alpha value is -1.23. The average Bonchev–Trinajstić information content (AvgIpc) is 2.25. The van der Waals surface area contributed by atoms with Gasteiger partial charge < -0.3 is 10.6 Å². The first-order chi connectivity index (χ1) is 7.99. The fourth-order valence-electron chi connectivity index (χ4n) is 1.51. The lowest BCUT2D eigenvalue weighted by atomic mass is 10.2. The Balaban J connectivity index is 2.74. The second kappa shape index (κ2) is 6.49. The Morgan fingerprint density at radius 3 is 2.47 bits per heavy atom. The van der Waals surface area contributed by atoms with Crippen molar-refractivity contribution in [1.82, 2.24) is 9.97 Å². The molecule has 0 aromatic carbocycles. The number of hydrogen-bond acceptors (Lipinski definition) is 4. The SMILES string of the molecule is Cc1cnc(N(CCC(N)=S)CC(C)C)nc1. The van der Waals surface area contributed by atoms with Gasteiger partial charge in [-0.25, -0.2) is 9.97 Å². The van der Waals surface area contributed by atoms with Gasteiger partial charge in [0.2, 0.25) is 5.95 Å². The molecule has 0 fully saturated rings. The smallest absolute Gasteiger partial charge is 0.225 e. The minimum absolute atomic E-state index is 0.533. The average molecular weight is 252 g/mol. The summed E-state index contributed by atoms with van der Waals surface area (Å²) in [5.74, 6) is 1.30. The number of rotatable bonds is 6. The van der Waals surface area contributed by atoms with Gasteiger partial charge in [-0.05, 0) is 18.4 Å². The summed E-state index contributed by atoms with van der Waals surface area (Å²) in [5, 5.41) is 0. The van der Waals surface area contributed by atoms with Crippen LogP contribution >= 0.6 is 12.2 Å². The lowest BCUT2D eigenvalue weighted by Gasteiger charge is -2.24. The summed E-state index contributed by atoms with van der Waals surface area (Å²) < 4.78 is 0. The van der Waals surface area contributed by atoms with E-state index >= 15 is 0 Å². The van der Waals surface area contributed by atoms with E-state index in [1.165, 1.54) is 0 Å². The quantitative estimate of drug-likeness (QED) is 0.784. The fourth-order valence-corrected chi connectivity index (χ4v) is 1.60. The Kier molecular flexibility index (Phi) is 5.28. The van der Waals surface area contributed by atoms with Gasteiger partial charge in [0.25, 0.3) is 0 Å². The van der Waals surface area contributed by atoms with E-state index in [1.807, 2.05) is 19.3 Å². The van der Waals surface area contributed by atoms with Crippen LogP contribution < -0.4 is 10.6 Å². The first-order valence-electron chi connectivity index (χ1n) is 5.81. The van der Waals surface area contributed by atoms with Crippen molar-refractivity contribution in [2.45, 2.75) is 27.2 Å². The first kappa shape index (κ1) is 13.8. The Morgan fingerprint density at radius 1 is 1.41 bits per heavy atom. The second-order valence-electron chi connectivity index (χ2n) is 4.62. The van der Waals surface area contributed by atoms with Gasteiger partial charge in [0.15, 0.2) is 0 Å². The van der Waals surface area contributed by atoms with E-state index in [0.717, 1.165) is 24.6 Å². The van der Waals surface area contributed by atoms with Crippen LogP contribution in [0.15, 0.2) is 12.4 Å². The van der Waals surface area contributed by atoms with E-state index in [-0.39, 0.29) is 0 Å². The highest BCUT2D eigenvalue weighted by Crippen LogP contribution is 2.10. The molecule has 4 nitrogen and oxygen atoms in total. The third kappa shape index (κ3) is 5.08. The van der Waals surface area contributed by atoms with Gasteiger partial charge in [0.05, 0.1) is 4.99 Å². The third-order valence-electron chi connectivity index (χ3n) is 2.26. The van der Waals surface area contributed by atoms with Crippen molar-refractivity contribution in [1.29, 1.82) is 0 Å². The van der Waals surface area contributed by atoms with Crippen LogP contribution in [0.1, 0.15) is 25.8 Å². The fraction of sp³-hybridized carbons (Fsp3) is 0.583. The standard InChI is InChI=1S/C12H20N4S/c1-9(2)8-16(5-4-11(13)17)12-14-6-10(3)7-15-12/h6-7,9H,4-5,8H2,1-3H3,(H2,13,17). The third-order valence-corrected chi connectivity index (χ3v) is 2.47. The van der Waals surface area contributed by atoms with Gasteiger partial charge in [-0.2, -0.15) is 0 Å². The van der Waals surface area contributed by atoms with Crippen molar-refractivity contribution in [2.75, 3.05) is 18.0 Å². The van der Waals surface area contributed by atoms with Gasteiger partial charge in [-0.3, -0.25) is 0 Å². The zero-order valence-corrected chi connectivity index (χ0v) is 11.5. The topological polar surface area (TPSA) is 55.0 Å². The number of hydrogen-bond donors (Lipinski definition) is 1. The van der Waals surface area contributed by atoms with Crippen LogP contribution in [-0.4, -0.2) is 28.0 Å². The summed E-state index contributed by atoms with van der Waals surface area (Å²) in [6.07, 6.45) is 4.35. The highest BCUT2D eigenvalue weighted by Gasteiger charge is 2.11. The van der Waals surface area contributed by atoms with Gasteiger partial charge in [0, 0.05) is 31.9 Å². The molecule has 0 saturated carbocycles. The van der Waals surface area contributed by atoms with Crippen LogP contribution in [0.25, 0.3) is 0 Å². The molecule has 0 bridgehead atoms. The van der Waals surface area contributed by atoms with E-state index in [4.69, 9.17) is 18.0 Å². The lowest BCUT2D eigenvalue weighted by molar-refractivity contribution is 0.604. The molecule has 5 heteroatoms. The van der Waals surface area contributed by atoms with Gasteiger partial charge in [-0.1, -0.05) is 26.1 Å². The molecule has 1 aromatic heterocycles. The van der Waals surface area contributed by atoms with Crippen LogP contribution in [0, 0.1) is 12.8 Å². The van der Waals surface area contributed by atoms with Crippen LogP contribution in [-0.2, 0) is 0 Å². The maximum absolute atomic E-state index is 5.54. The highest BCUT2D eigenvalue weighted by molar-refractivity contribution is 7.80. The lowest BCUT2D eigenvalue weighted by Crippen LogP contribution is -2.32. The highest BCUT2D eigenvalue weighted by atomic mass is 32.1. The summed E-state index contributed by atoms with van der Waals surface area (Å²) in [6.45, 7) is 8.00. The molecule has 1 heterocycles. The van der Waals surface area contributed by atoms with Crippen LogP contribution in [0.5, 0.6) is 0 Å². The molecule has 94 valence electrons. The number of aromatic nitrogens is 2. The summed E-state index contributed by atoms with van der Waals surface area (Å²) >= 11 is 4.91. The number of thiocarbonyl (C=S) groups is 1. The molecule has 0 amide bonds.